The molecule has 1 aromatic carbocycles. The van der Waals surface area contributed by atoms with Gasteiger partial charge in [0.1, 0.15) is 16.7 Å². The Kier molecular flexibility index (Phi) is 5.88. The van der Waals surface area contributed by atoms with Crippen molar-refractivity contribution in [1.29, 1.82) is 0 Å². The molecule has 172 valence electrons. The largest absolute Gasteiger partial charge is 0.339 e. The fourth-order valence-electron chi connectivity index (χ4n) is 4.50. The van der Waals surface area contributed by atoms with E-state index >= 15 is 0 Å². The molecule has 5 rings (SSSR count). The van der Waals surface area contributed by atoms with E-state index in [-0.39, 0.29) is 18.0 Å². The zero-order chi connectivity index (χ0) is 22.9. The minimum absolute atomic E-state index is 0.0948. The van der Waals surface area contributed by atoms with E-state index in [1.807, 2.05) is 54.0 Å². The number of aromatic amines is 1. The van der Waals surface area contributed by atoms with Crippen LogP contribution in [0.1, 0.15) is 57.6 Å². The minimum Gasteiger partial charge on any atom is -0.339 e. The average molecular weight is 465 g/mol. The number of thiazole rings is 1. The Morgan fingerprint density at radius 3 is 2.61 bits per heavy atom. The van der Waals surface area contributed by atoms with Crippen LogP contribution in [0.15, 0.2) is 30.3 Å². The molecule has 4 heterocycles. The van der Waals surface area contributed by atoms with E-state index in [1.54, 1.807) is 11.3 Å². The molecule has 2 aliphatic heterocycles. The number of likely N-dealkylation sites (tertiary alicyclic amines) is 1. The van der Waals surface area contributed by atoms with E-state index in [9.17, 15) is 9.59 Å². The fraction of sp³-hybridized carbons (Fsp3) is 0.417. The second kappa shape index (κ2) is 8.97. The topological polar surface area (TPSA) is 94.2 Å². The van der Waals surface area contributed by atoms with Gasteiger partial charge in [0.25, 0.3) is 5.91 Å². The van der Waals surface area contributed by atoms with E-state index in [1.165, 1.54) is 6.42 Å². The van der Waals surface area contributed by atoms with Crippen LogP contribution < -0.4 is 5.32 Å². The van der Waals surface area contributed by atoms with Gasteiger partial charge >= 0.3 is 6.03 Å². The molecule has 3 aromatic rings. The molecule has 2 saturated heterocycles. The molecule has 0 saturated carbocycles. The number of nitrogens with one attached hydrogen (secondary N) is 2. The van der Waals surface area contributed by atoms with Crippen molar-refractivity contribution in [3.63, 3.8) is 0 Å². The van der Waals surface area contributed by atoms with Gasteiger partial charge in [-0.05, 0) is 56.9 Å². The van der Waals surface area contributed by atoms with Crippen molar-refractivity contribution in [3.05, 3.63) is 57.9 Å². The van der Waals surface area contributed by atoms with Gasteiger partial charge in [-0.2, -0.15) is 5.10 Å². The number of H-pyrrole nitrogens is 1. The van der Waals surface area contributed by atoms with Crippen LogP contribution in [0.5, 0.6) is 0 Å². The molecule has 2 N–H and O–H groups in total. The van der Waals surface area contributed by atoms with E-state index in [2.05, 4.69) is 15.5 Å². The Bertz CT molecular complexity index is 1160. The summed E-state index contributed by atoms with van der Waals surface area (Å²) in [7, 11) is 0. The molecule has 1 unspecified atom stereocenters. The van der Waals surface area contributed by atoms with Crippen LogP contribution in [0.2, 0.25) is 0 Å². The van der Waals surface area contributed by atoms with Gasteiger partial charge in [-0.1, -0.05) is 12.1 Å². The van der Waals surface area contributed by atoms with Crippen molar-refractivity contribution in [2.75, 3.05) is 19.6 Å². The van der Waals surface area contributed by atoms with Crippen LogP contribution in [0.25, 0.3) is 10.6 Å². The van der Waals surface area contributed by atoms with Gasteiger partial charge in [-0.3, -0.25) is 9.89 Å². The maximum atomic E-state index is 12.7. The second-order valence-electron chi connectivity index (χ2n) is 8.78. The quantitative estimate of drug-likeness (QED) is 0.596. The Balaban J connectivity index is 1.31. The Morgan fingerprint density at radius 2 is 1.91 bits per heavy atom. The van der Waals surface area contributed by atoms with E-state index < -0.39 is 0 Å². The monoisotopic (exact) mass is 464 g/mol. The highest BCUT2D eigenvalue weighted by molar-refractivity contribution is 7.15. The van der Waals surface area contributed by atoms with Crippen molar-refractivity contribution in [1.82, 2.24) is 30.3 Å². The van der Waals surface area contributed by atoms with Gasteiger partial charge < -0.3 is 15.1 Å². The number of nitrogens with zero attached hydrogens (tertiary/aromatic N) is 4. The summed E-state index contributed by atoms with van der Waals surface area (Å²) >= 11 is 1.58. The average Bonchev–Trinajstić information content (AvgIpc) is 3.53. The summed E-state index contributed by atoms with van der Waals surface area (Å²) in [5.74, 6) is 0.0948. The number of piperidine rings is 1. The van der Waals surface area contributed by atoms with E-state index in [0.29, 0.717) is 18.7 Å². The molecule has 0 bridgehead atoms. The highest BCUT2D eigenvalue weighted by Crippen LogP contribution is 2.36. The summed E-state index contributed by atoms with van der Waals surface area (Å²) in [4.78, 5) is 34.9. The molecule has 8 nitrogen and oxygen atoms in total. The smallest absolute Gasteiger partial charge is 0.318 e. The number of hydrogen-bond donors (Lipinski definition) is 2. The third-order valence-electron chi connectivity index (χ3n) is 6.32. The van der Waals surface area contributed by atoms with Crippen LogP contribution >= 0.6 is 11.3 Å². The zero-order valence-corrected chi connectivity index (χ0v) is 19.7. The Labute approximate surface area is 197 Å². The molecule has 2 aliphatic rings. The predicted octanol–water partition coefficient (Wildman–Crippen LogP) is 4.04. The lowest BCUT2D eigenvalue weighted by Crippen LogP contribution is -2.35. The number of amides is 3. The summed E-state index contributed by atoms with van der Waals surface area (Å²) in [5.41, 5.74) is 4.50. The maximum Gasteiger partial charge on any atom is 0.318 e. The van der Waals surface area contributed by atoms with Crippen molar-refractivity contribution in [2.45, 2.75) is 45.7 Å². The number of carbonyl (C=O) groups is 2. The Morgan fingerprint density at radius 1 is 1.15 bits per heavy atom. The normalized spacial score (nSPS) is 18.6. The van der Waals surface area contributed by atoms with Crippen molar-refractivity contribution >= 4 is 23.3 Å². The highest BCUT2D eigenvalue weighted by Gasteiger charge is 2.34. The summed E-state index contributed by atoms with van der Waals surface area (Å²) in [5, 5.41) is 11.2. The highest BCUT2D eigenvalue weighted by atomic mass is 32.1. The second-order valence-corrected chi connectivity index (χ2v) is 9.81. The van der Waals surface area contributed by atoms with Crippen molar-refractivity contribution in [2.24, 2.45) is 0 Å². The number of urea groups is 1. The molecule has 0 spiro atoms. The molecule has 2 fully saturated rings. The Hall–Kier alpha value is -3.20. The van der Waals surface area contributed by atoms with Gasteiger partial charge in [0, 0.05) is 37.4 Å². The molecule has 0 aliphatic carbocycles. The first-order chi connectivity index (χ1) is 16.0. The summed E-state index contributed by atoms with van der Waals surface area (Å²) < 4.78 is 0. The molecule has 2 aromatic heterocycles. The lowest BCUT2D eigenvalue weighted by molar-refractivity contribution is 0.0724. The first-order valence-electron chi connectivity index (χ1n) is 11.4. The lowest BCUT2D eigenvalue weighted by atomic mass is 10.1. The molecule has 9 heteroatoms. The molecular weight excluding hydrogens is 436 g/mol. The van der Waals surface area contributed by atoms with Crippen LogP contribution in [0.3, 0.4) is 0 Å². The third kappa shape index (κ3) is 4.37. The van der Waals surface area contributed by atoms with Gasteiger partial charge in [-0.25, -0.2) is 9.78 Å². The fourth-order valence-corrected chi connectivity index (χ4v) is 5.64. The van der Waals surface area contributed by atoms with Crippen LogP contribution in [-0.2, 0) is 6.54 Å². The number of rotatable bonds is 5. The molecule has 33 heavy (non-hydrogen) atoms. The maximum absolute atomic E-state index is 12.7. The number of benzene rings is 1. The minimum atomic E-state index is -0.135. The molecular formula is C24H28N6O2S. The lowest BCUT2D eigenvalue weighted by Gasteiger charge is -2.27. The number of aryl methyl sites for hydroxylation is 2. The van der Waals surface area contributed by atoms with E-state index in [0.717, 1.165) is 58.5 Å². The molecule has 3 amide bonds. The van der Waals surface area contributed by atoms with Gasteiger partial charge in [-0.15, -0.1) is 11.3 Å². The van der Waals surface area contributed by atoms with Crippen molar-refractivity contribution in [3.8, 4) is 10.6 Å². The summed E-state index contributed by atoms with van der Waals surface area (Å²) in [6.45, 7) is 6.61. The SMILES string of the molecule is Cc1cc(-c2sc(C3CNC(=O)N3Cc3ccc(C(=O)N4CCCCC4)cc3)nc2C)n[nH]1. The summed E-state index contributed by atoms with van der Waals surface area (Å²) in [6, 6.07) is 9.42. The van der Waals surface area contributed by atoms with Gasteiger partial charge in [0.15, 0.2) is 0 Å². The first-order valence-corrected chi connectivity index (χ1v) is 12.2. The summed E-state index contributed by atoms with van der Waals surface area (Å²) in [6.07, 6.45) is 3.35. The standard InChI is InChI=1S/C24H28N6O2S/c1-15-12-19(28-27-15)21-16(2)26-22(33-21)20-13-25-24(32)30(20)14-17-6-8-18(9-7-17)23(31)29-10-4-3-5-11-29/h6-9,12,20H,3-5,10-11,13-14H2,1-2H3,(H,25,32)(H,27,28). The number of aromatic nitrogens is 3. The third-order valence-corrected chi connectivity index (χ3v) is 7.60. The van der Waals surface area contributed by atoms with Crippen molar-refractivity contribution < 1.29 is 9.59 Å². The first kappa shape index (κ1) is 21.6. The van der Waals surface area contributed by atoms with Crippen LogP contribution in [-0.4, -0.2) is 56.6 Å². The molecule has 1 atom stereocenters. The van der Waals surface area contributed by atoms with Gasteiger partial charge in [0.05, 0.1) is 10.6 Å². The van der Waals surface area contributed by atoms with Gasteiger partial charge in [0.2, 0.25) is 0 Å². The van der Waals surface area contributed by atoms with Crippen LogP contribution in [0, 0.1) is 13.8 Å². The van der Waals surface area contributed by atoms with Crippen LogP contribution in [0.4, 0.5) is 4.79 Å². The predicted molar refractivity (Wildman–Crippen MR) is 127 cm³/mol. The number of hydrogen-bond acceptors (Lipinski definition) is 5. The van der Waals surface area contributed by atoms with E-state index in [4.69, 9.17) is 4.98 Å². The number of carbonyl (C=O) groups excluding carboxylic acids is 2. The zero-order valence-electron chi connectivity index (χ0n) is 18.9. The molecule has 0 radical (unpaired) electrons.